The molecular weight excluding hydrogens is 316 g/mol. The molecule has 1 aromatic carbocycles. The number of carbonyl (C=O) groups is 2. The van der Waals surface area contributed by atoms with E-state index in [4.69, 9.17) is 16.3 Å². The number of benzene rings is 1. The molecule has 5 nitrogen and oxygen atoms in total. The summed E-state index contributed by atoms with van der Waals surface area (Å²) in [7, 11) is 0. The first-order chi connectivity index (χ1) is 10.8. The van der Waals surface area contributed by atoms with Crippen molar-refractivity contribution in [2.45, 2.75) is 39.3 Å². The van der Waals surface area contributed by atoms with Crippen LogP contribution in [0.15, 0.2) is 24.3 Å². The van der Waals surface area contributed by atoms with Crippen molar-refractivity contribution in [3.05, 3.63) is 29.8 Å². The van der Waals surface area contributed by atoms with Crippen LogP contribution in [0, 0.1) is 5.92 Å². The molecule has 1 atom stereocenters. The second kappa shape index (κ2) is 7.21. The first-order valence-corrected chi connectivity index (χ1v) is 8.23. The number of hydrogen-bond acceptors (Lipinski definition) is 3. The number of hydrogen-bond donors (Lipinski definition) is 1. The van der Waals surface area contributed by atoms with Gasteiger partial charge in [0.05, 0.1) is 0 Å². The minimum Gasteiger partial charge on any atom is -0.444 e. The van der Waals surface area contributed by atoms with Crippen molar-refractivity contribution < 1.29 is 14.3 Å². The normalized spacial score (nSPS) is 18.2. The van der Waals surface area contributed by atoms with Gasteiger partial charge in [-0.15, -0.1) is 11.6 Å². The molecule has 1 aliphatic heterocycles. The molecule has 1 N–H and O–H groups in total. The monoisotopic (exact) mass is 338 g/mol. The van der Waals surface area contributed by atoms with E-state index in [-0.39, 0.29) is 11.8 Å². The molecular formula is C17H23ClN2O3. The third kappa shape index (κ3) is 5.43. The van der Waals surface area contributed by atoms with Gasteiger partial charge in [-0.25, -0.2) is 4.79 Å². The summed E-state index contributed by atoms with van der Waals surface area (Å²) in [5.41, 5.74) is 1.15. The molecule has 0 saturated carbocycles. The van der Waals surface area contributed by atoms with Crippen molar-refractivity contribution in [3.63, 3.8) is 0 Å². The summed E-state index contributed by atoms with van der Waals surface area (Å²) in [5, 5.41) is 2.69. The fraction of sp³-hybridized carbons (Fsp3) is 0.529. The maximum atomic E-state index is 11.9. The highest BCUT2D eigenvalue weighted by atomic mass is 35.5. The van der Waals surface area contributed by atoms with E-state index >= 15 is 0 Å². The summed E-state index contributed by atoms with van der Waals surface area (Å²) >= 11 is 5.83. The number of ether oxygens (including phenoxy) is 1. The molecule has 126 valence electrons. The molecule has 0 spiro atoms. The summed E-state index contributed by atoms with van der Waals surface area (Å²) in [6.07, 6.45) is 0.0480. The number of likely N-dealkylation sites (tertiary alicyclic amines) is 1. The van der Waals surface area contributed by atoms with Crippen molar-refractivity contribution in [1.29, 1.82) is 0 Å². The molecule has 0 aliphatic carbocycles. The van der Waals surface area contributed by atoms with Crippen LogP contribution in [0.3, 0.4) is 0 Å². The van der Waals surface area contributed by atoms with E-state index in [1.165, 1.54) is 0 Å². The Labute approximate surface area is 141 Å². The first-order valence-electron chi connectivity index (χ1n) is 7.69. The highest BCUT2D eigenvalue weighted by molar-refractivity contribution is 6.18. The number of alkyl halides is 1. The predicted molar refractivity (Wildman–Crippen MR) is 90.5 cm³/mol. The second-order valence-corrected chi connectivity index (χ2v) is 7.13. The van der Waals surface area contributed by atoms with Gasteiger partial charge in [0.25, 0.3) is 0 Å². The Hall–Kier alpha value is -1.75. The summed E-state index contributed by atoms with van der Waals surface area (Å²) in [5.74, 6) is 0.907. The van der Waals surface area contributed by atoms with Gasteiger partial charge in [0.15, 0.2) is 0 Å². The molecule has 23 heavy (non-hydrogen) atoms. The van der Waals surface area contributed by atoms with E-state index in [1.54, 1.807) is 12.1 Å². The van der Waals surface area contributed by atoms with Crippen molar-refractivity contribution >= 4 is 29.3 Å². The Kier molecular flexibility index (Phi) is 5.52. The maximum Gasteiger partial charge on any atom is 0.412 e. The zero-order valence-electron chi connectivity index (χ0n) is 13.8. The minimum atomic E-state index is -0.529. The minimum absolute atomic E-state index is 0.145. The molecule has 1 fully saturated rings. The van der Waals surface area contributed by atoms with Gasteiger partial charge in [-0.2, -0.15) is 0 Å². The van der Waals surface area contributed by atoms with Crippen LogP contribution in [0.1, 0.15) is 32.8 Å². The van der Waals surface area contributed by atoms with Gasteiger partial charge in [-0.3, -0.25) is 10.1 Å². The van der Waals surface area contributed by atoms with Crippen LogP contribution < -0.4 is 5.32 Å². The fourth-order valence-corrected chi connectivity index (χ4v) is 2.65. The lowest BCUT2D eigenvalue weighted by atomic mass is 10.1. The van der Waals surface area contributed by atoms with Crippen molar-refractivity contribution in [2.75, 3.05) is 17.7 Å². The first kappa shape index (κ1) is 17.6. The number of halogens is 1. The fourth-order valence-electron chi connectivity index (χ4n) is 2.45. The average Bonchev–Trinajstić information content (AvgIpc) is 2.79. The Balaban J connectivity index is 1.90. The molecule has 1 unspecified atom stereocenters. The molecule has 0 radical (unpaired) electrons. The van der Waals surface area contributed by atoms with Gasteiger partial charge >= 0.3 is 6.09 Å². The standard InChI is InChI=1S/C17H23ClN2O3/c1-17(2,3)23-16(22)19-14-6-4-12(5-7-14)10-20-11-13(9-18)8-15(20)21/h4-7,13H,8-11H2,1-3H3,(H,19,22). The van der Waals surface area contributed by atoms with Crippen LogP contribution in [0.25, 0.3) is 0 Å². The lowest BCUT2D eigenvalue weighted by Gasteiger charge is -2.20. The van der Waals surface area contributed by atoms with Gasteiger partial charge in [0.2, 0.25) is 5.91 Å². The molecule has 6 heteroatoms. The lowest BCUT2D eigenvalue weighted by Crippen LogP contribution is -2.27. The van der Waals surface area contributed by atoms with Crippen molar-refractivity contribution in [2.24, 2.45) is 5.92 Å². The topological polar surface area (TPSA) is 58.6 Å². The maximum absolute atomic E-state index is 11.9. The summed E-state index contributed by atoms with van der Waals surface area (Å²) in [4.78, 5) is 25.4. The molecule has 0 aromatic heterocycles. The van der Waals surface area contributed by atoms with E-state index in [9.17, 15) is 9.59 Å². The van der Waals surface area contributed by atoms with E-state index in [1.807, 2.05) is 37.8 Å². The van der Waals surface area contributed by atoms with Crippen molar-refractivity contribution in [3.8, 4) is 0 Å². The summed E-state index contributed by atoms with van der Waals surface area (Å²) in [6, 6.07) is 7.40. The molecule has 1 aliphatic rings. The van der Waals surface area contributed by atoms with Crippen LogP contribution in [-0.4, -0.2) is 34.9 Å². The summed E-state index contributed by atoms with van der Waals surface area (Å²) in [6.45, 7) is 6.73. The van der Waals surface area contributed by atoms with Gasteiger partial charge in [0.1, 0.15) is 5.60 Å². The molecule has 2 amide bonds. The zero-order chi connectivity index (χ0) is 17.0. The van der Waals surface area contributed by atoms with Crippen LogP contribution in [0.5, 0.6) is 0 Å². The molecule has 1 heterocycles. The Bertz CT molecular complexity index is 566. The predicted octanol–water partition coefficient (Wildman–Crippen LogP) is 3.62. The smallest absolute Gasteiger partial charge is 0.412 e. The van der Waals surface area contributed by atoms with E-state index < -0.39 is 11.7 Å². The zero-order valence-corrected chi connectivity index (χ0v) is 14.5. The van der Waals surface area contributed by atoms with Crippen LogP contribution in [0.4, 0.5) is 10.5 Å². The van der Waals surface area contributed by atoms with Crippen LogP contribution in [0.2, 0.25) is 0 Å². The lowest BCUT2D eigenvalue weighted by molar-refractivity contribution is -0.128. The number of nitrogens with one attached hydrogen (secondary N) is 1. The number of anilines is 1. The SMILES string of the molecule is CC(C)(C)OC(=O)Nc1ccc(CN2CC(CCl)CC2=O)cc1. The number of rotatable bonds is 4. The van der Waals surface area contributed by atoms with Crippen molar-refractivity contribution in [1.82, 2.24) is 4.90 Å². The van der Waals surface area contributed by atoms with Crippen LogP contribution >= 0.6 is 11.6 Å². The van der Waals surface area contributed by atoms with E-state index in [0.29, 0.717) is 31.1 Å². The highest BCUT2D eigenvalue weighted by Crippen LogP contribution is 2.22. The Morgan fingerprint density at radius 3 is 2.52 bits per heavy atom. The molecule has 1 saturated heterocycles. The third-order valence-electron chi connectivity index (χ3n) is 3.49. The van der Waals surface area contributed by atoms with E-state index in [2.05, 4.69) is 5.32 Å². The largest absolute Gasteiger partial charge is 0.444 e. The van der Waals surface area contributed by atoms with Gasteiger partial charge in [-0.1, -0.05) is 12.1 Å². The average molecular weight is 339 g/mol. The molecule has 0 bridgehead atoms. The van der Waals surface area contributed by atoms with Gasteiger partial charge < -0.3 is 9.64 Å². The highest BCUT2D eigenvalue weighted by Gasteiger charge is 2.28. The number of amides is 2. The second-order valence-electron chi connectivity index (χ2n) is 6.82. The molecule has 2 rings (SSSR count). The summed E-state index contributed by atoms with van der Waals surface area (Å²) < 4.78 is 5.20. The van der Waals surface area contributed by atoms with Gasteiger partial charge in [0, 0.05) is 31.1 Å². The Morgan fingerprint density at radius 1 is 1.35 bits per heavy atom. The Morgan fingerprint density at radius 2 is 2.00 bits per heavy atom. The number of nitrogens with zero attached hydrogens (tertiary/aromatic N) is 1. The van der Waals surface area contributed by atoms with Crippen LogP contribution in [-0.2, 0) is 16.1 Å². The quantitative estimate of drug-likeness (QED) is 0.853. The van der Waals surface area contributed by atoms with E-state index in [0.717, 1.165) is 5.56 Å². The molecule has 1 aromatic rings. The van der Waals surface area contributed by atoms with Gasteiger partial charge in [-0.05, 0) is 44.4 Å². The number of carbonyl (C=O) groups excluding carboxylic acids is 2. The third-order valence-corrected chi connectivity index (χ3v) is 3.92.